The van der Waals surface area contributed by atoms with E-state index in [1.165, 1.54) is 16.0 Å². The second-order valence-electron chi connectivity index (χ2n) is 4.33. The highest BCUT2D eigenvalue weighted by molar-refractivity contribution is 9.10. The number of thioether (sulfide) groups is 1. The van der Waals surface area contributed by atoms with Crippen LogP contribution in [-0.2, 0) is 6.42 Å². The van der Waals surface area contributed by atoms with Crippen LogP contribution in [0.2, 0.25) is 0 Å². The van der Waals surface area contributed by atoms with E-state index in [1.807, 2.05) is 19.4 Å². The van der Waals surface area contributed by atoms with Crippen molar-refractivity contribution in [2.24, 2.45) is 0 Å². The van der Waals surface area contributed by atoms with Gasteiger partial charge in [0.25, 0.3) is 0 Å². The van der Waals surface area contributed by atoms with Gasteiger partial charge in [-0.05, 0) is 65.0 Å². The average molecular weight is 337 g/mol. The van der Waals surface area contributed by atoms with Crippen molar-refractivity contribution < 1.29 is 0 Å². The van der Waals surface area contributed by atoms with Crippen LogP contribution in [0.5, 0.6) is 0 Å². The summed E-state index contributed by atoms with van der Waals surface area (Å²) >= 11 is 5.23. The molecule has 1 atom stereocenters. The smallest absolute Gasteiger partial charge is 0.0410 e. The summed E-state index contributed by atoms with van der Waals surface area (Å²) in [6, 6.07) is 11.2. The molecule has 0 saturated heterocycles. The second kappa shape index (κ2) is 7.08. The van der Waals surface area contributed by atoms with Crippen LogP contribution in [0.1, 0.15) is 17.2 Å². The molecule has 0 spiro atoms. The van der Waals surface area contributed by atoms with Crippen LogP contribution in [0, 0.1) is 0 Å². The number of nitrogens with one attached hydrogen (secondary N) is 1. The van der Waals surface area contributed by atoms with Crippen molar-refractivity contribution in [2.45, 2.75) is 17.4 Å². The molecular formula is C15H17BrN2S. The van der Waals surface area contributed by atoms with Crippen LogP contribution in [0.15, 0.2) is 52.1 Å². The molecule has 100 valence electrons. The fraction of sp³-hybridized carbons (Fsp3) is 0.267. The molecule has 0 radical (unpaired) electrons. The summed E-state index contributed by atoms with van der Waals surface area (Å²) in [6.07, 6.45) is 6.76. The number of benzene rings is 1. The molecule has 0 fully saturated rings. The standard InChI is InChI=1S/C15H17BrN2S/c1-17-15(8-11-7-13(16)10-18-9-11)12-3-5-14(19-2)6-4-12/h3-7,9-10,15,17H,8H2,1-2H3. The largest absolute Gasteiger partial charge is 0.313 e. The summed E-state index contributed by atoms with van der Waals surface area (Å²) in [7, 11) is 2.00. The van der Waals surface area contributed by atoms with Crippen molar-refractivity contribution in [3.05, 3.63) is 58.3 Å². The normalized spacial score (nSPS) is 12.4. The first-order valence-corrected chi connectivity index (χ1v) is 8.15. The van der Waals surface area contributed by atoms with Gasteiger partial charge in [-0.2, -0.15) is 0 Å². The zero-order chi connectivity index (χ0) is 13.7. The van der Waals surface area contributed by atoms with Crippen molar-refractivity contribution in [3.63, 3.8) is 0 Å². The average Bonchev–Trinajstić information content (AvgIpc) is 2.45. The van der Waals surface area contributed by atoms with Crippen LogP contribution in [0.3, 0.4) is 0 Å². The van der Waals surface area contributed by atoms with Gasteiger partial charge in [0.2, 0.25) is 0 Å². The summed E-state index contributed by atoms with van der Waals surface area (Å²) in [5.74, 6) is 0. The third-order valence-corrected chi connectivity index (χ3v) is 4.25. The van der Waals surface area contributed by atoms with Crippen molar-refractivity contribution in [3.8, 4) is 0 Å². The molecule has 0 bridgehead atoms. The Morgan fingerprint density at radius 3 is 2.58 bits per heavy atom. The molecular weight excluding hydrogens is 320 g/mol. The molecule has 0 aliphatic carbocycles. The van der Waals surface area contributed by atoms with E-state index in [4.69, 9.17) is 0 Å². The predicted molar refractivity (Wildman–Crippen MR) is 85.7 cm³/mol. The first-order chi connectivity index (χ1) is 9.22. The monoisotopic (exact) mass is 336 g/mol. The zero-order valence-electron chi connectivity index (χ0n) is 11.1. The maximum absolute atomic E-state index is 4.21. The van der Waals surface area contributed by atoms with Gasteiger partial charge in [0.1, 0.15) is 0 Å². The molecule has 2 aromatic rings. The molecule has 0 aliphatic rings. The zero-order valence-corrected chi connectivity index (χ0v) is 13.5. The summed E-state index contributed by atoms with van der Waals surface area (Å²) in [4.78, 5) is 5.51. The molecule has 0 amide bonds. The van der Waals surface area contributed by atoms with Crippen LogP contribution < -0.4 is 5.32 Å². The number of halogens is 1. The number of likely N-dealkylation sites (N-methyl/N-ethyl adjacent to an activating group) is 1. The van der Waals surface area contributed by atoms with Gasteiger partial charge in [0.15, 0.2) is 0 Å². The Morgan fingerprint density at radius 2 is 2.00 bits per heavy atom. The Labute approximate surface area is 127 Å². The van der Waals surface area contributed by atoms with Gasteiger partial charge in [-0.1, -0.05) is 12.1 Å². The lowest BCUT2D eigenvalue weighted by Crippen LogP contribution is -2.18. The van der Waals surface area contributed by atoms with Gasteiger partial charge in [-0.15, -0.1) is 11.8 Å². The quantitative estimate of drug-likeness (QED) is 0.833. The van der Waals surface area contributed by atoms with Gasteiger partial charge in [0.05, 0.1) is 0 Å². The first kappa shape index (κ1) is 14.6. The van der Waals surface area contributed by atoms with E-state index in [2.05, 4.69) is 62.8 Å². The van der Waals surface area contributed by atoms with E-state index in [0.29, 0.717) is 6.04 Å². The molecule has 2 nitrogen and oxygen atoms in total. The highest BCUT2D eigenvalue weighted by atomic mass is 79.9. The number of rotatable bonds is 5. The summed E-state index contributed by atoms with van der Waals surface area (Å²) in [5.41, 5.74) is 2.53. The summed E-state index contributed by atoms with van der Waals surface area (Å²) < 4.78 is 1.03. The van der Waals surface area contributed by atoms with E-state index in [1.54, 1.807) is 11.8 Å². The van der Waals surface area contributed by atoms with Gasteiger partial charge in [0, 0.05) is 27.8 Å². The fourth-order valence-electron chi connectivity index (χ4n) is 2.03. The highest BCUT2D eigenvalue weighted by Gasteiger charge is 2.10. The van der Waals surface area contributed by atoms with Crippen LogP contribution >= 0.6 is 27.7 Å². The summed E-state index contributed by atoms with van der Waals surface area (Å²) in [5, 5.41) is 3.37. The Kier molecular flexibility index (Phi) is 5.43. The minimum Gasteiger partial charge on any atom is -0.313 e. The van der Waals surface area contributed by atoms with E-state index in [9.17, 15) is 0 Å². The fourth-order valence-corrected chi connectivity index (χ4v) is 2.85. The molecule has 19 heavy (non-hydrogen) atoms. The van der Waals surface area contributed by atoms with Gasteiger partial charge in [-0.3, -0.25) is 4.98 Å². The highest BCUT2D eigenvalue weighted by Crippen LogP contribution is 2.22. The van der Waals surface area contributed by atoms with E-state index in [-0.39, 0.29) is 0 Å². The maximum atomic E-state index is 4.21. The van der Waals surface area contributed by atoms with E-state index in [0.717, 1.165) is 10.9 Å². The van der Waals surface area contributed by atoms with Crippen molar-refractivity contribution in [1.29, 1.82) is 0 Å². The molecule has 1 aromatic carbocycles. The van der Waals surface area contributed by atoms with Gasteiger partial charge < -0.3 is 5.32 Å². The lowest BCUT2D eigenvalue weighted by atomic mass is 10.0. The molecule has 1 aromatic heterocycles. The predicted octanol–water partition coefficient (Wildman–Crippen LogP) is 4.07. The van der Waals surface area contributed by atoms with Crippen LogP contribution in [0.25, 0.3) is 0 Å². The Hall–Kier alpha value is -0.840. The lowest BCUT2D eigenvalue weighted by Gasteiger charge is -2.17. The number of pyridine rings is 1. The van der Waals surface area contributed by atoms with E-state index >= 15 is 0 Å². The summed E-state index contributed by atoms with van der Waals surface area (Å²) in [6.45, 7) is 0. The Balaban J connectivity index is 2.15. The third-order valence-electron chi connectivity index (χ3n) is 3.07. The van der Waals surface area contributed by atoms with E-state index < -0.39 is 0 Å². The number of hydrogen-bond acceptors (Lipinski definition) is 3. The molecule has 4 heteroatoms. The third kappa shape index (κ3) is 4.06. The topological polar surface area (TPSA) is 24.9 Å². The van der Waals surface area contributed by atoms with Crippen molar-refractivity contribution >= 4 is 27.7 Å². The molecule has 1 N–H and O–H groups in total. The number of nitrogens with zero attached hydrogens (tertiary/aromatic N) is 1. The van der Waals surface area contributed by atoms with Gasteiger partial charge >= 0.3 is 0 Å². The van der Waals surface area contributed by atoms with Crippen molar-refractivity contribution in [2.75, 3.05) is 13.3 Å². The molecule has 0 aliphatic heterocycles. The number of aromatic nitrogens is 1. The Morgan fingerprint density at radius 1 is 1.26 bits per heavy atom. The Bertz CT molecular complexity index is 528. The van der Waals surface area contributed by atoms with Crippen molar-refractivity contribution in [1.82, 2.24) is 10.3 Å². The maximum Gasteiger partial charge on any atom is 0.0410 e. The first-order valence-electron chi connectivity index (χ1n) is 6.13. The van der Waals surface area contributed by atoms with Crippen LogP contribution in [0.4, 0.5) is 0 Å². The minimum atomic E-state index is 0.312. The molecule has 0 saturated carbocycles. The molecule has 2 rings (SSSR count). The lowest BCUT2D eigenvalue weighted by molar-refractivity contribution is 0.590. The minimum absolute atomic E-state index is 0.312. The van der Waals surface area contributed by atoms with Gasteiger partial charge in [-0.25, -0.2) is 0 Å². The number of hydrogen-bond donors (Lipinski definition) is 1. The SMILES string of the molecule is CNC(Cc1cncc(Br)c1)c1ccc(SC)cc1. The van der Waals surface area contributed by atoms with Crippen LogP contribution in [-0.4, -0.2) is 18.3 Å². The second-order valence-corrected chi connectivity index (χ2v) is 6.13. The molecule has 1 heterocycles. The molecule has 1 unspecified atom stereocenters.